The van der Waals surface area contributed by atoms with Crippen LogP contribution in [0.1, 0.15) is 38.2 Å². The van der Waals surface area contributed by atoms with Crippen molar-refractivity contribution in [1.82, 2.24) is 4.90 Å². The summed E-state index contributed by atoms with van der Waals surface area (Å²) in [6.45, 7) is 5.66. The van der Waals surface area contributed by atoms with E-state index >= 15 is 0 Å². The summed E-state index contributed by atoms with van der Waals surface area (Å²) >= 11 is 0. The molecule has 0 amide bonds. The zero-order valence-corrected chi connectivity index (χ0v) is 11.6. The Hall–Kier alpha value is -1.02. The highest BCUT2D eigenvalue weighted by Gasteiger charge is 2.44. The lowest BCUT2D eigenvalue weighted by Crippen LogP contribution is -2.37. The lowest BCUT2D eigenvalue weighted by Gasteiger charge is -2.29. The van der Waals surface area contributed by atoms with Crippen molar-refractivity contribution in [2.75, 3.05) is 13.6 Å². The van der Waals surface area contributed by atoms with Crippen LogP contribution in [0.3, 0.4) is 0 Å². The normalized spacial score (nSPS) is 31.2. The van der Waals surface area contributed by atoms with Crippen molar-refractivity contribution in [2.24, 2.45) is 5.92 Å². The van der Waals surface area contributed by atoms with Crippen molar-refractivity contribution in [2.45, 2.75) is 44.8 Å². The van der Waals surface area contributed by atoms with Gasteiger partial charge in [-0.05, 0) is 37.1 Å². The second kappa shape index (κ2) is 4.58. The smallest absolute Gasteiger partial charge is 0.120 e. The van der Waals surface area contributed by atoms with Crippen molar-refractivity contribution in [3.63, 3.8) is 0 Å². The molecule has 98 valence electrons. The Labute approximate surface area is 110 Å². The van der Waals surface area contributed by atoms with E-state index in [-0.39, 0.29) is 0 Å². The summed E-state index contributed by atoms with van der Waals surface area (Å²) in [6, 6.07) is 9.37. The van der Waals surface area contributed by atoms with Gasteiger partial charge in [-0.2, -0.15) is 0 Å². The molecule has 1 aliphatic heterocycles. The Balaban J connectivity index is 1.69. The molecular formula is C16H23NO. The highest BCUT2D eigenvalue weighted by Crippen LogP contribution is 2.39. The van der Waals surface area contributed by atoms with E-state index in [1.54, 1.807) is 0 Å². The maximum Gasteiger partial charge on any atom is 0.120 e. The van der Waals surface area contributed by atoms with Gasteiger partial charge >= 0.3 is 0 Å². The van der Waals surface area contributed by atoms with E-state index in [1.807, 2.05) is 0 Å². The van der Waals surface area contributed by atoms with Crippen LogP contribution in [0.2, 0.25) is 0 Å². The third kappa shape index (κ3) is 2.14. The maximum absolute atomic E-state index is 6.22. The van der Waals surface area contributed by atoms with Gasteiger partial charge in [0.1, 0.15) is 11.9 Å². The van der Waals surface area contributed by atoms with Crippen LogP contribution in [-0.4, -0.2) is 30.6 Å². The van der Waals surface area contributed by atoms with Crippen LogP contribution in [0.15, 0.2) is 24.3 Å². The summed E-state index contributed by atoms with van der Waals surface area (Å²) in [5.74, 6) is 2.36. The fourth-order valence-electron chi connectivity index (χ4n) is 3.40. The topological polar surface area (TPSA) is 12.5 Å². The van der Waals surface area contributed by atoms with E-state index in [2.05, 4.69) is 50.1 Å². The zero-order chi connectivity index (χ0) is 12.7. The Morgan fingerprint density at radius 2 is 2.11 bits per heavy atom. The van der Waals surface area contributed by atoms with Crippen molar-refractivity contribution < 1.29 is 4.74 Å². The highest BCUT2D eigenvalue weighted by atomic mass is 16.5. The SMILES string of the molecule is CC(C)c1cccc(OC2CC3CC2CN3C)c1. The standard InChI is InChI=1S/C16H23NO/c1-11(2)12-5-4-6-15(8-12)18-16-9-14-7-13(16)10-17(14)3/h4-6,8,11,13-14,16H,7,9-10H2,1-3H3. The molecule has 2 aliphatic rings. The molecule has 2 fully saturated rings. The Bertz CT molecular complexity index is 427. The summed E-state index contributed by atoms with van der Waals surface area (Å²) in [5.41, 5.74) is 1.37. The molecule has 0 aromatic heterocycles. The van der Waals surface area contributed by atoms with Gasteiger partial charge in [-0.25, -0.2) is 0 Å². The van der Waals surface area contributed by atoms with Gasteiger partial charge in [0.2, 0.25) is 0 Å². The zero-order valence-electron chi connectivity index (χ0n) is 11.6. The molecule has 0 spiro atoms. The first kappa shape index (κ1) is 12.0. The lowest BCUT2D eigenvalue weighted by atomic mass is 10.0. The summed E-state index contributed by atoms with van der Waals surface area (Å²) in [7, 11) is 2.24. The van der Waals surface area contributed by atoms with Gasteiger partial charge in [0.15, 0.2) is 0 Å². The van der Waals surface area contributed by atoms with E-state index in [4.69, 9.17) is 4.74 Å². The first-order chi connectivity index (χ1) is 8.63. The van der Waals surface area contributed by atoms with Crippen LogP contribution < -0.4 is 4.74 Å². The molecule has 1 aromatic carbocycles. The van der Waals surface area contributed by atoms with Crippen LogP contribution in [0.4, 0.5) is 0 Å². The average Bonchev–Trinajstić information content (AvgIpc) is 2.88. The van der Waals surface area contributed by atoms with E-state index in [0.717, 1.165) is 17.7 Å². The summed E-state index contributed by atoms with van der Waals surface area (Å²) < 4.78 is 6.22. The number of likely N-dealkylation sites (tertiary alicyclic amines) is 1. The minimum Gasteiger partial charge on any atom is -0.490 e. The quantitative estimate of drug-likeness (QED) is 0.810. The number of fused-ring (bicyclic) bond motifs is 2. The number of ether oxygens (including phenoxy) is 1. The predicted octanol–water partition coefficient (Wildman–Crippen LogP) is 3.28. The van der Waals surface area contributed by atoms with Crippen LogP contribution in [0, 0.1) is 5.92 Å². The van der Waals surface area contributed by atoms with Crippen LogP contribution in [-0.2, 0) is 0 Å². The first-order valence-electron chi connectivity index (χ1n) is 7.10. The molecule has 0 N–H and O–H groups in total. The van der Waals surface area contributed by atoms with Gasteiger partial charge in [-0.1, -0.05) is 26.0 Å². The molecule has 1 saturated heterocycles. The summed E-state index contributed by atoms with van der Waals surface area (Å²) in [4.78, 5) is 2.48. The number of benzene rings is 1. The van der Waals surface area contributed by atoms with Crippen LogP contribution >= 0.6 is 0 Å². The van der Waals surface area contributed by atoms with Crippen LogP contribution in [0.25, 0.3) is 0 Å². The third-order valence-corrected chi connectivity index (χ3v) is 4.56. The summed E-state index contributed by atoms with van der Waals surface area (Å²) in [5, 5.41) is 0. The van der Waals surface area contributed by atoms with Crippen molar-refractivity contribution in [3.8, 4) is 5.75 Å². The molecule has 18 heavy (non-hydrogen) atoms. The molecule has 3 unspecified atom stereocenters. The molecule has 1 heterocycles. The Morgan fingerprint density at radius 1 is 1.28 bits per heavy atom. The third-order valence-electron chi connectivity index (χ3n) is 4.56. The van der Waals surface area contributed by atoms with Gasteiger partial charge in [0.05, 0.1) is 0 Å². The number of hydrogen-bond acceptors (Lipinski definition) is 2. The van der Waals surface area contributed by atoms with Gasteiger partial charge in [-0.3, -0.25) is 0 Å². The Kier molecular flexibility index (Phi) is 3.06. The maximum atomic E-state index is 6.22. The number of hydrogen-bond donors (Lipinski definition) is 0. The molecular weight excluding hydrogens is 222 g/mol. The van der Waals surface area contributed by atoms with Crippen molar-refractivity contribution >= 4 is 0 Å². The first-order valence-corrected chi connectivity index (χ1v) is 7.10. The van der Waals surface area contributed by atoms with Gasteiger partial charge < -0.3 is 9.64 Å². The molecule has 1 aliphatic carbocycles. The number of rotatable bonds is 3. The van der Waals surface area contributed by atoms with Crippen molar-refractivity contribution in [3.05, 3.63) is 29.8 Å². The largest absolute Gasteiger partial charge is 0.490 e. The molecule has 3 rings (SSSR count). The van der Waals surface area contributed by atoms with Gasteiger partial charge in [-0.15, -0.1) is 0 Å². The highest BCUT2D eigenvalue weighted by molar-refractivity contribution is 5.30. The molecule has 1 saturated carbocycles. The monoisotopic (exact) mass is 245 g/mol. The van der Waals surface area contributed by atoms with E-state index in [1.165, 1.54) is 24.9 Å². The number of nitrogens with zero attached hydrogens (tertiary/aromatic N) is 1. The second-order valence-electron chi connectivity index (χ2n) is 6.21. The molecule has 2 heteroatoms. The molecule has 3 atom stereocenters. The molecule has 1 aromatic rings. The van der Waals surface area contributed by atoms with Gasteiger partial charge in [0.25, 0.3) is 0 Å². The van der Waals surface area contributed by atoms with Crippen LogP contribution in [0.5, 0.6) is 5.75 Å². The lowest BCUT2D eigenvalue weighted by molar-refractivity contribution is 0.105. The fraction of sp³-hybridized carbons (Fsp3) is 0.625. The van der Waals surface area contributed by atoms with Crippen molar-refractivity contribution in [1.29, 1.82) is 0 Å². The van der Waals surface area contributed by atoms with E-state index in [9.17, 15) is 0 Å². The summed E-state index contributed by atoms with van der Waals surface area (Å²) in [6.07, 6.45) is 2.96. The van der Waals surface area contributed by atoms with E-state index in [0.29, 0.717) is 12.0 Å². The minimum atomic E-state index is 0.439. The predicted molar refractivity (Wildman–Crippen MR) is 74.1 cm³/mol. The molecule has 0 radical (unpaired) electrons. The molecule has 2 nitrogen and oxygen atoms in total. The van der Waals surface area contributed by atoms with E-state index < -0.39 is 0 Å². The average molecular weight is 245 g/mol. The second-order valence-corrected chi connectivity index (χ2v) is 6.21. The fourth-order valence-corrected chi connectivity index (χ4v) is 3.40. The number of piperidine rings is 1. The minimum absolute atomic E-state index is 0.439. The van der Waals surface area contributed by atoms with Gasteiger partial charge in [0, 0.05) is 24.9 Å². The Morgan fingerprint density at radius 3 is 2.72 bits per heavy atom. The molecule has 2 bridgehead atoms.